The van der Waals surface area contributed by atoms with Crippen molar-refractivity contribution in [1.82, 2.24) is 0 Å². The summed E-state index contributed by atoms with van der Waals surface area (Å²) in [6, 6.07) is 0. The van der Waals surface area contributed by atoms with E-state index in [1.54, 1.807) is 0 Å². The minimum absolute atomic E-state index is 0. The van der Waals surface area contributed by atoms with Gasteiger partial charge in [0, 0.05) is 6.61 Å². The van der Waals surface area contributed by atoms with Crippen LogP contribution < -0.4 is 56.5 Å². The number of hydrogen-bond acceptors (Lipinski definition) is 4. The standard InChI is InChI=1S/C12H23O4.K/c13-6-7-14-8-9-15-10-11-16-12-4-2-1-3-5-12;/h12H,1-11H2;/q-1;+1. The maximum atomic E-state index is 10.1. The quantitative estimate of drug-likeness (QED) is 0.350. The molecule has 0 aromatic rings. The van der Waals surface area contributed by atoms with Crippen LogP contribution in [-0.4, -0.2) is 45.7 Å². The summed E-state index contributed by atoms with van der Waals surface area (Å²) in [5, 5.41) is 10.1. The summed E-state index contributed by atoms with van der Waals surface area (Å²) >= 11 is 0. The van der Waals surface area contributed by atoms with Gasteiger partial charge in [0.2, 0.25) is 0 Å². The monoisotopic (exact) mass is 270 g/mol. The van der Waals surface area contributed by atoms with E-state index in [-0.39, 0.29) is 64.6 Å². The van der Waals surface area contributed by atoms with Gasteiger partial charge in [0.25, 0.3) is 0 Å². The molecule has 5 heteroatoms. The van der Waals surface area contributed by atoms with E-state index < -0.39 is 0 Å². The van der Waals surface area contributed by atoms with E-state index >= 15 is 0 Å². The summed E-state index contributed by atoms with van der Waals surface area (Å²) in [7, 11) is 0. The Morgan fingerprint density at radius 3 is 2.06 bits per heavy atom. The van der Waals surface area contributed by atoms with Crippen LogP contribution in [0, 0.1) is 0 Å². The number of hydrogen-bond donors (Lipinski definition) is 0. The zero-order valence-electron chi connectivity index (χ0n) is 11.0. The van der Waals surface area contributed by atoms with Gasteiger partial charge in [0.15, 0.2) is 0 Å². The first-order chi connectivity index (χ1) is 7.93. The molecule has 0 spiro atoms. The molecule has 0 N–H and O–H groups in total. The SMILES string of the molecule is [K+].[O-]CCOCCOCCOC1CCCCC1. The van der Waals surface area contributed by atoms with Crippen molar-refractivity contribution in [2.75, 3.05) is 39.6 Å². The zero-order valence-corrected chi connectivity index (χ0v) is 14.1. The Kier molecular flexibility index (Phi) is 15.1. The van der Waals surface area contributed by atoms with Crippen LogP contribution in [0.5, 0.6) is 0 Å². The second kappa shape index (κ2) is 13.9. The normalized spacial score (nSPS) is 16.8. The van der Waals surface area contributed by atoms with E-state index in [0.717, 1.165) is 0 Å². The van der Waals surface area contributed by atoms with Gasteiger partial charge in [-0.2, -0.15) is 0 Å². The second-order valence-electron chi connectivity index (χ2n) is 4.06. The Morgan fingerprint density at radius 1 is 0.824 bits per heavy atom. The Labute approximate surface area is 147 Å². The van der Waals surface area contributed by atoms with Crippen LogP contribution in [0.3, 0.4) is 0 Å². The van der Waals surface area contributed by atoms with Crippen LogP contribution >= 0.6 is 0 Å². The molecular formula is C12H23KO4. The molecule has 0 heterocycles. The van der Waals surface area contributed by atoms with E-state index in [0.29, 0.717) is 32.5 Å². The predicted molar refractivity (Wildman–Crippen MR) is 59.3 cm³/mol. The third kappa shape index (κ3) is 11.0. The van der Waals surface area contributed by atoms with E-state index in [1.807, 2.05) is 0 Å². The molecule has 0 radical (unpaired) electrons. The van der Waals surface area contributed by atoms with Crippen LogP contribution in [0.2, 0.25) is 0 Å². The third-order valence-electron chi connectivity index (χ3n) is 2.73. The summed E-state index contributed by atoms with van der Waals surface area (Å²) < 4.78 is 16.0. The van der Waals surface area contributed by atoms with Crippen molar-refractivity contribution in [2.24, 2.45) is 0 Å². The van der Waals surface area contributed by atoms with Crippen LogP contribution in [0.1, 0.15) is 32.1 Å². The summed E-state index contributed by atoms with van der Waals surface area (Å²) in [6.07, 6.45) is 6.81. The first-order valence-electron chi connectivity index (χ1n) is 6.28. The fourth-order valence-corrected chi connectivity index (χ4v) is 1.89. The van der Waals surface area contributed by atoms with Crippen molar-refractivity contribution in [3.05, 3.63) is 0 Å². The summed E-state index contributed by atoms with van der Waals surface area (Å²) in [6.45, 7) is 2.45. The molecule has 0 aromatic carbocycles. The predicted octanol–water partition coefficient (Wildman–Crippen LogP) is -2.27. The minimum atomic E-state index is -0.176. The van der Waals surface area contributed by atoms with Crippen molar-refractivity contribution in [3.8, 4) is 0 Å². The molecule has 96 valence electrons. The van der Waals surface area contributed by atoms with Crippen molar-refractivity contribution in [3.63, 3.8) is 0 Å². The van der Waals surface area contributed by atoms with Crippen LogP contribution in [0.15, 0.2) is 0 Å². The summed E-state index contributed by atoms with van der Waals surface area (Å²) in [4.78, 5) is 0. The second-order valence-corrected chi connectivity index (χ2v) is 4.06. The van der Waals surface area contributed by atoms with E-state index in [9.17, 15) is 5.11 Å². The Balaban J connectivity index is 0.00000256. The van der Waals surface area contributed by atoms with Crippen molar-refractivity contribution < 1.29 is 70.7 Å². The molecule has 1 fully saturated rings. The molecule has 4 nitrogen and oxygen atoms in total. The van der Waals surface area contributed by atoms with E-state index in [4.69, 9.17) is 14.2 Å². The van der Waals surface area contributed by atoms with Gasteiger partial charge in [-0.25, -0.2) is 0 Å². The van der Waals surface area contributed by atoms with Crippen LogP contribution in [-0.2, 0) is 14.2 Å². The van der Waals surface area contributed by atoms with Gasteiger partial charge >= 0.3 is 51.4 Å². The zero-order chi connectivity index (χ0) is 11.5. The van der Waals surface area contributed by atoms with Gasteiger partial charge in [-0.3, -0.25) is 0 Å². The van der Waals surface area contributed by atoms with Crippen LogP contribution in [0.25, 0.3) is 0 Å². The molecule has 0 saturated heterocycles. The molecular weight excluding hydrogens is 247 g/mol. The molecule has 17 heavy (non-hydrogen) atoms. The first-order valence-corrected chi connectivity index (χ1v) is 6.28. The van der Waals surface area contributed by atoms with Gasteiger partial charge in [-0.1, -0.05) is 19.3 Å². The van der Waals surface area contributed by atoms with E-state index in [2.05, 4.69) is 0 Å². The molecule has 1 saturated carbocycles. The Bertz CT molecular complexity index is 151. The van der Waals surface area contributed by atoms with Gasteiger partial charge < -0.3 is 19.3 Å². The molecule has 1 aliphatic rings. The van der Waals surface area contributed by atoms with Gasteiger partial charge in [0.05, 0.1) is 32.5 Å². The van der Waals surface area contributed by atoms with Crippen LogP contribution in [0.4, 0.5) is 0 Å². The smallest absolute Gasteiger partial charge is 0.853 e. The molecule has 0 aliphatic heterocycles. The fourth-order valence-electron chi connectivity index (χ4n) is 1.89. The third-order valence-corrected chi connectivity index (χ3v) is 2.73. The first kappa shape index (κ1) is 18.5. The maximum Gasteiger partial charge on any atom is 1.00 e. The summed E-state index contributed by atoms with van der Waals surface area (Å²) in [5.41, 5.74) is 0. The minimum Gasteiger partial charge on any atom is -0.853 e. The largest absolute Gasteiger partial charge is 1.00 e. The topological polar surface area (TPSA) is 50.8 Å². The van der Waals surface area contributed by atoms with Gasteiger partial charge in [0.1, 0.15) is 0 Å². The molecule has 0 amide bonds. The number of ether oxygens (including phenoxy) is 3. The van der Waals surface area contributed by atoms with Crippen molar-refractivity contribution in [1.29, 1.82) is 0 Å². The Morgan fingerprint density at radius 2 is 1.41 bits per heavy atom. The van der Waals surface area contributed by atoms with E-state index in [1.165, 1.54) is 32.1 Å². The average Bonchev–Trinajstić information content (AvgIpc) is 2.34. The average molecular weight is 270 g/mol. The molecule has 0 atom stereocenters. The molecule has 1 aliphatic carbocycles. The Hall–Kier alpha value is 1.48. The molecule has 0 bridgehead atoms. The van der Waals surface area contributed by atoms with Crippen molar-refractivity contribution >= 4 is 0 Å². The molecule has 0 unspecified atom stereocenters. The maximum absolute atomic E-state index is 10.1. The fraction of sp³-hybridized carbons (Fsp3) is 1.00. The number of rotatable bonds is 9. The molecule has 0 aromatic heterocycles. The molecule has 1 rings (SSSR count). The van der Waals surface area contributed by atoms with Gasteiger partial charge in [-0.05, 0) is 12.8 Å². The summed E-state index contributed by atoms with van der Waals surface area (Å²) in [5.74, 6) is 0. The van der Waals surface area contributed by atoms with Crippen molar-refractivity contribution in [2.45, 2.75) is 38.2 Å². The van der Waals surface area contributed by atoms with Gasteiger partial charge in [-0.15, -0.1) is 6.61 Å².